The molecule has 0 bridgehead atoms. The molecule has 2 amide bonds. The Kier molecular flexibility index (Phi) is 6.43. The molecule has 1 aromatic carbocycles. The van der Waals surface area contributed by atoms with Gasteiger partial charge in [-0.1, -0.05) is 0 Å². The summed E-state index contributed by atoms with van der Waals surface area (Å²) in [5.74, 6) is 0.0691. The predicted molar refractivity (Wildman–Crippen MR) is 89.4 cm³/mol. The number of nitrogens with zero attached hydrogens (tertiary/aromatic N) is 3. The maximum atomic E-state index is 12.2. The summed E-state index contributed by atoms with van der Waals surface area (Å²) in [7, 11) is 0. The van der Waals surface area contributed by atoms with E-state index in [0.29, 0.717) is 51.3 Å². The van der Waals surface area contributed by atoms with E-state index in [1.165, 1.54) is 0 Å². The van der Waals surface area contributed by atoms with Gasteiger partial charge in [-0.25, -0.2) is 4.79 Å². The number of nitrogens with one attached hydrogen (secondary N) is 1. The van der Waals surface area contributed by atoms with Crippen LogP contribution in [-0.4, -0.2) is 61.1 Å². The Hall–Kier alpha value is -2.75. The molecule has 1 heterocycles. The Morgan fingerprint density at radius 3 is 2.38 bits per heavy atom. The average Bonchev–Trinajstić information content (AvgIpc) is 2.62. The van der Waals surface area contributed by atoms with Crippen molar-refractivity contribution in [3.05, 3.63) is 29.8 Å². The normalized spacial score (nSPS) is 14.0. The van der Waals surface area contributed by atoms with Crippen molar-refractivity contribution in [1.82, 2.24) is 9.80 Å². The van der Waals surface area contributed by atoms with Crippen LogP contribution in [0.3, 0.4) is 0 Å². The molecule has 7 nitrogen and oxygen atoms in total. The quantitative estimate of drug-likeness (QED) is 0.887. The summed E-state index contributed by atoms with van der Waals surface area (Å²) in [5, 5.41) is 11.9. The van der Waals surface area contributed by atoms with E-state index in [0.717, 1.165) is 5.69 Å². The molecule has 1 aliphatic rings. The van der Waals surface area contributed by atoms with Gasteiger partial charge in [-0.2, -0.15) is 5.26 Å². The Morgan fingerprint density at radius 2 is 1.79 bits per heavy atom. The lowest BCUT2D eigenvalue weighted by atomic mass is 10.2. The molecule has 128 valence electrons. The van der Waals surface area contributed by atoms with Crippen molar-refractivity contribution in [3.8, 4) is 6.07 Å². The molecule has 0 spiro atoms. The first kappa shape index (κ1) is 17.6. The highest BCUT2D eigenvalue weighted by Gasteiger charge is 2.24. The Morgan fingerprint density at radius 1 is 1.17 bits per heavy atom. The van der Waals surface area contributed by atoms with E-state index < -0.39 is 0 Å². The summed E-state index contributed by atoms with van der Waals surface area (Å²) in [6.07, 6.45) is 0.0754. The largest absolute Gasteiger partial charge is 0.450 e. The standard InChI is InChI=1S/C17H22N4O3/c1-2-24-17(23)21-11-9-20(10-12-21)16(22)7-8-19-15-5-3-14(13-18)4-6-15/h3-6,19H,2,7-12H2,1H3. The third-order valence-corrected chi connectivity index (χ3v) is 3.84. The van der Waals surface area contributed by atoms with Gasteiger partial charge in [-0.15, -0.1) is 0 Å². The van der Waals surface area contributed by atoms with Crippen molar-refractivity contribution in [3.63, 3.8) is 0 Å². The molecule has 1 N–H and O–H groups in total. The Labute approximate surface area is 141 Å². The number of carbonyl (C=O) groups is 2. The number of hydrogen-bond donors (Lipinski definition) is 1. The molecule has 1 fully saturated rings. The number of ether oxygens (including phenoxy) is 1. The van der Waals surface area contributed by atoms with E-state index >= 15 is 0 Å². The highest BCUT2D eigenvalue weighted by Crippen LogP contribution is 2.10. The molecule has 0 atom stereocenters. The first-order chi connectivity index (χ1) is 11.6. The van der Waals surface area contributed by atoms with Crippen LogP contribution in [0.25, 0.3) is 0 Å². The van der Waals surface area contributed by atoms with Gasteiger partial charge in [0.25, 0.3) is 0 Å². The second-order valence-corrected chi connectivity index (χ2v) is 5.43. The van der Waals surface area contributed by atoms with Crippen molar-refractivity contribution in [1.29, 1.82) is 5.26 Å². The molecular weight excluding hydrogens is 308 g/mol. The molecule has 0 aliphatic carbocycles. The maximum Gasteiger partial charge on any atom is 0.409 e. The fourth-order valence-electron chi connectivity index (χ4n) is 2.49. The summed E-state index contributed by atoms with van der Waals surface area (Å²) >= 11 is 0. The lowest BCUT2D eigenvalue weighted by molar-refractivity contribution is -0.132. The van der Waals surface area contributed by atoms with Crippen LogP contribution in [0.15, 0.2) is 24.3 Å². The van der Waals surface area contributed by atoms with Crippen molar-refractivity contribution < 1.29 is 14.3 Å². The topological polar surface area (TPSA) is 85.7 Å². The molecule has 1 aromatic rings. The van der Waals surface area contributed by atoms with Gasteiger partial charge in [0.1, 0.15) is 0 Å². The van der Waals surface area contributed by atoms with Gasteiger partial charge < -0.3 is 19.9 Å². The maximum absolute atomic E-state index is 12.2. The third kappa shape index (κ3) is 4.88. The van der Waals surface area contributed by atoms with Crippen molar-refractivity contribution in [2.45, 2.75) is 13.3 Å². The molecule has 0 unspecified atom stereocenters. The van der Waals surface area contributed by atoms with Gasteiger partial charge in [-0.05, 0) is 31.2 Å². The van der Waals surface area contributed by atoms with Crippen LogP contribution < -0.4 is 5.32 Å². The first-order valence-electron chi connectivity index (χ1n) is 8.07. The summed E-state index contributed by atoms with van der Waals surface area (Å²) in [5.41, 5.74) is 1.49. The number of carbonyl (C=O) groups excluding carboxylic acids is 2. The first-order valence-corrected chi connectivity index (χ1v) is 8.07. The fraction of sp³-hybridized carbons (Fsp3) is 0.471. The summed E-state index contributed by atoms with van der Waals surface area (Å²) in [4.78, 5) is 27.2. The van der Waals surface area contributed by atoms with Crippen LogP contribution in [0.5, 0.6) is 0 Å². The average molecular weight is 330 g/mol. The number of anilines is 1. The van der Waals surface area contributed by atoms with Crippen LogP contribution in [0.1, 0.15) is 18.9 Å². The number of piperazine rings is 1. The number of nitriles is 1. The summed E-state index contributed by atoms with van der Waals surface area (Å²) in [6, 6.07) is 9.18. The fourth-order valence-corrected chi connectivity index (χ4v) is 2.49. The SMILES string of the molecule is CCOC(=O)N1CCN(C(=O)CCNc2ccc(C#N)cc2)CC1. The Bertz CT molecular complexity index is 601. The monoisotopic (exact) mass is 330 g/mol. The number of rotatable bonds is 5. The van der Waals surface area contributed by atoms with Gasteiger partial charge in [0.15, 0.2) is 0 Å². The van der Waals surface area contributed by atoms with Gasteiger partial charge in [-0.3, -0.25) is 4.79 Å². The van der Waals surface area contributed by atoms with E-state index in [9.17, 15) is 9.59 Å². The molecule has 1 saturated heterocycles. The molecule has 7 heteroatoms. The zero-order valence-electron chi connectivity index (χ0n) is 13.8. The zero-order chi connectivity index (χ0) is 17.4. The minimum absolute atomic E-state index is 0.0691. The zero-order valence-corrected chi connectivity index (χ0v) is 13.8. The lowest BCUT2D eigenvalue weighted by Crippen LogP contribution is -2.50. The highest BCUT2D eigenvalue weighted by atomic mass is 16.6. The second-order valence-electron chi connectivity index (χ2n) is 5.43. The number of hydrogen-bond acceptors (Lipinski definition) is 5. The van der Waals surface area contributed by atoms with Crippen LogP contribution >= 0.6 is 0 Å². The van der Waals surface area contributed by atoms with Crippen molar-refractivity contribution >= 4 is 17.7 Å². The highest BCUT2D eigenvalue weighted by molar-refractivity contribution is 5.77. The molecule has 2 rings (SSSR count). The van der Waals surface area contributed by atoms with E-state index in [1.807, 2.05) is 12.1 Å². The second kappa shape index (κ2) is 8.77. The van der Waals surface area contributed by atoms with Crippen molar-refractivity contribution in [2.75, 3.05) is 44.6 Å². The van der Waals surface area contributed by atoms with Crippen LogP contribution in [0.4, 0.5) is 10.5 Å². The molecule has 0 saturated carbocycles. The van der Waals surface area contributed by atoms with Gasteiger partial charge in [0, 0.05) is 44.8 Å². The lowest BCUT2D eigenvalue weighted by Gasteiger charge is -2.34. The molecule has 1 aliphatic heterocycles. The third-order valence-electron chi connectivity index (χ3n) is 3.84. The van der Waals surface area contributed by atoms with Crippen LogP contribution in [0, 0.1) is 11.3 Å². The van der Waals surface area contributed by atoms with E-state index in [1.54, 1.807) is 28.9 Å². The van der Waals surface area contributed by atoms with Gasteiger partial charge >= 0.3 is 6.09 Å². The van der Waals surface area contributed by atoms with E-state index in [-0.39, 0.29) is 12.0 Å². The summed E-state index contributed by atoms with van der Waals surface area (Å²) < 4.78 is 4.96. The number of benzene rings is 1. The minimum Gasteiger partial charge on any atom is -0.450 e. The van der Waals surface area contributed by atoms with Crippen molar-refractivity contribution in [2.24, 2.45) is 0 Å². The van der Waals surface area contributed by atoms with Gasteiger partial charge in [0.2, 0.25) is 5.91 Å². The Balaban J connectivity index is 1.70. The van der Waals surface area contributed by atoms with E-state index in [2.05, 4.69) is 11.4 Å². The molecule has 24 heavy (non-hydrogen) atoms. The van der Waals surface area contributed by atoms with Gasteiger partial charge in [0.05, 0.1) is 18.2 Å². The van der Waals surface area contributed by atoms with E-state index in [4.69, 9.17) is 10.00 Å². The predicted octanol–water partition coefficient (Wildman–Crippen LogP) is 1.66. The number of amides is 2. The molecular formula is C17H22N4O3. The molecule has 0 aromatic heterocycles. The molecule has 0 radical (unpaired) electrons. The van der Waals surface area contributed by atoms with Crippen LogP contribution in [0.2, 0.25) is 0 Å². The minimum atomic E-state index is -0.313. The summed E-state index contributed by atoms with van der Waals surface area (Å²) in [6.45, 7) is 4.75. The van der Waals surface area contributed by atoms with Crippen LogP contribution in [-0.2, 0) is 9.53 Å². The smallest absolute Gasteiger partial charge is 0.409 e.